The number of aryl methyl sites for hydroxylation is 1. The van der Waals surface area contributed by atoms with Gasteiger partial charge in [-0.3, -0.25) is 4.98 Å². The van der Waals surface area contributed by atoms with Crippen LogP contribution in [0.5, 0.6) is 0 Å². The molecule has 2 rings (SSSR count). The summed E-state index contributed by atoms with van der Waals surface area (Å²) in [4.78, 5) is 4.20. The normalized spacial score (nSPS) is 19.2. The smallest absolute Gasteiger partial charge is 0.0315 e. The van der Waals surface area contributed by atoms with Crippen molar-refractivity contribution in [2.45, 2.75) is 58.5 Å². The van der Waals surface area contributed by atoms with Crippen molar-refractivity contribution in [3.63, 3.8) is 0 Å². The second kappa shape index (κ2) is 6.15. The van der Waals surface area contributed by atoms with Gasteiger partial charge in [-0.1, -0.05) is 19.3 Å². The highest BCUT2D eigenvalue weighted by molar-refractivity contribution is 5.21. The van der Waals surface area contributed by atoms with E-state index in [0.717, 1.165) is 12.5 Å². The lowest BCUT2D eigenvalue weighted by molar-refractivity contribution is 0.280. The fraction of sp³-hybridized carbons (Fsp3) is 0.667. The van der Waals surface area contributed by atoms with Gasteiger partial charge in [0.25, 0.3) is 0 Å². The van der Waals surface area contributed by atoms with Crippen molar-refractivity contribution in [2.75, 3.05) is 0 Å². The lowest BCUT2D eigenvalue weighted by atomic mass is 9.84. The summed E-state index contributed by atoms with van der Waals surface area (Å²) in [5.74, 6) is 0.876. The molecule has 17 heavy (non-hydrogen) atoms. The molecule has 1 heterocycles. The molecule has 1 aromatic heterocycles. The molecule has 1 atom stereocenters. The first-order valence-electron chi connectivity index (χ1n) is 6.90. The Kier molecular flexibility index (Phi) is 4.55. The van der Waals surface area contributed by atoms with Gasteiger partial charge in [0, 0.05) is 25.0 Å². The molecule has 1 N–H and O–H groups in total. The van der Waals surface area contributed by atoms with E-state index in [-0.39, 0.29) is 0 Å². The molecule has 0 saturated heterocycles. The summed E-state index contributed by atoms with van der Waals surface area (Å²) in [6.45, 7) is 5.45. The molecule has 1 saturated carbocycles. The molecule has 1 aliphatic rings. The number of aromatic nitrogens is 1. The summed E-state index contributed by atoms with van der Waals surface area (Å²) >= 11 is 0. The highest BCUT2D eigenvalue weighted by Crippen LogP contribution is 2.26. The van der Waals surface area contributed by atoms with Gasteiger partial charge in [-0.05, 0) is 49.8 Å². The van der Waals surface area contributed by atoms with Crippen LogP contribution in [0, 0.1) is 12.8 Å². The lowest BCUT2D eigenvalue weighted by Crippen LogP contribution is -2.34. The van der Waals surface area contributed by atoms with Gasteiger partial charge in [-0.15, -0.1) is 0 Å². The predicted molar refractivity (Wildman–Crippen MR) is 71.9 cm³/mol. The molecule has 1 aromatic rings. The zero-order valence-electron chi connectivity index (χ0n) is 11.1. The Hall–Kier alpha value is -0.890. The van der Waals surface area contributed by atoms with Gasteiger partial charge in [-0.2, -0.15) is 0 Å². The number of hydrogen-bond acceptors (Lipinski definition) is 2. The molecule has 94 valence electrons. The van der Waals surface area contributed by atoms with Crippen LogP contribution >= 0.6 is 0 Å². The maximum absolute atomic E-state index is 4.20. The summed E-state index contributed by atoms with van der Waals surface area (Å²) in [5.41, 5.74) is 2.67. The molecule has 0 bridgehead atoms. The second-order valence-electron chi connectivity index (χ2n) is 5.37. The molecular weight excluding hydrogens is 208 g/mol. The van der Waals surface area contributed by atoms with Gasteiger partial charge < -0.3 is 5.32 Å². The molecule has 0 spiro atoms. The van der Waals surface area contributed by atoms with E-state index in [2.05, 4.69) is 30.2 Å². The quantitative estimate of drug-likeness (QED) is 0.860. The van der Waals surface area contributed by atoms with E-state index in [0.29, 0.717) is 6.04 Å². The summed E-state index contributed by atoms with van der Waals surface area (Å²) < 4.78 is 0. The molecule has 0 radical (unpaired) electrons. The van der Waals surface area contributed by atoms with Gasteiger partial charge in [0.15, 0.2) is 0 Å². The van der Waals surface area contributed by atoms with Crippen molar-refractivity contribution in [1.29, 1.82) is 0 Å². The van der Waals surface area contributed by atoms with Crippen LogP contribution in [-0.4, -0.2) is 11.0 Å². The number of rotatable bonds is 4. The molecular formula is C15H24N2. The summed E-state index contributed by atoms with van der Waals surface area (Å²) in [6.07, 6.45) is 10.9. The van der Waals surface area contributed by atoms with E-state index in [4.69, 9.17) is 0 Å². The third kappa shape index (κ3) is 3.53. The highest BCUT2D eigenvalue weighted by atomic mass is 14.9. The van der Waals surface area contributed by atoms with Gasteiger partial charge in [0.2, 0.25) is 0 Å². The Morgan fingerprint density at radius 3 is 2.82 bits per heavy atom. The molecule has 0 aliphatic heterocycles. The Balaban J connectivity index is 1.83. The highest BCUT2D eigenvalue weighted by Gasteiger charge is 2.19. The minimum absolute atomic E-state index is 0.634. The largest absolute Gasteiger partial charge is 0.310 e. The lowest BCUT2D eigenvalue weighted by Gasteiger charge is -2.28. The van der Waals surface area contributed by atoms with E-state index >= 15 is 0 Å². The number of hydrogen-bond donors (Lipinski definition) is 1. The monoisotopic (exact) mass is 232 g/mol. The predicted octanol–water partition coefficient (Wildman–Crippen LogP) is 3.45. The van der Waals surface area contributed by atoms with Crippen LogP contribution < -0.4 is 5.32 Å². The average molecular weight is 232 g/mol. The van der Waals surface area contributed by atoms with Crippen LogP contribution in [0.15, 0.2) is 18.5 Å². The zero-order valence-corrected chi connectivity index (χ0v) is 11.1. The van der Waals surface area contributed by atoms with Crippen molar-refractivity contribution < 1.29 is 0 Å². The van der Waals surface area contributed by atoms with Crippen LogP contribution in [0.2, 0.25) is 0 Å². The van der Waals surface area contributed by atoms with E-state index in [1.165, 1.54) is 43.2 Å². The van der Waals surface area contributed by atoms with Crippen molar-refractivity contribution in [2.24, 2.45) is 5.92 Å². The molecule has 0 amide bonds. The molecule has 0 unspecified atom stereocenters. The van der Waals surface area contributed by atoms with E-state index < -0.39 is 0 Å². The first-order valence-corrected chi connectivity index (χ1v) is 6.90. The molecule has 1 aliphatic carbocycles. The van der Waals surface area contributed by atoms with Crippen molar-refractivity contribution in [3.8, 4) is 0 Å². The first-order chi connectivity index (χ1) is 8.27. The Morgan fingerprint density at radius 2 is 2.12 bits per heavy atom. The molecule has 0 aromatic carbocycles. The zero-order chi connectivity index (χ0) is 12.1. The van der Waals surface area contributed by atoms with Crippen molar-refractivity contribution in [1.82, 2.24) is 10.3 Å². The Labute approximate surface area is 105 Å². The minimum Gasteiger partial charge on any atom is -0.310 e. The van der Waals surface area contributed by atoms with E-state index in [9.17, 15) is 0 Å². The van der Waals surface area contributed by atoms with E-state index in [1.807, 2.05) is 12.4 Å². The van der Waals surface area contributed by atoms with Crippen LogP contribution in [0.4, 0.5) is 0 Å². The fourth-order valence-electron chi connectivity index (χ4n) is 2.75. The second-order valence-corrected chi connectivity index (χ2v) is 5.37. The summed E-state index contributed by atoms with van der Waals surface area (Å²) in [7, 11) is 0. The Bertz CT molecular complexity index is 343. The van der Waals surface area contributed by atoms with Gasteiger partial charge in [0.1, 0.15) is 0 Å². The fourth-order valence-corrected chi connectivity index (χ4v) is 2.75. The number of nitrogens with one attached hydrogen (secondary N) is 1. The number of nitrogens with zero attached hydrogens (tertiary/aromatic N) is 1. The van der Waals surface area contributed by atoms with Gasteiger partial charge in [-0.25, -0.2) is 0 Å². The van der Waals surface area contributed by atoms with Crippen LogP contribution in [0.3, 0.4) is 0 Å². The number of pyridine rings is 1. The minimum atomic E-state index is 0.634. The van der Waals surface area contributed by atoms with Crippen molar-refractivity contribution in [3.05, 3.63) is 29.6 Å². The van der Waals surface area contributed by atoms with Crippen LogP contribution in [-0.2, 0) is 6.54 Å². The summed E-state index contributed by atoms with van der Waals surface area (Å²) in [6, 6.07) is 2.72. The van der Waals surface area contributed by atoms with Gasteiger partial charge >= 0.3 is 0 Å². The first kappa shape index (κ1) is 12.6. The summed E-state index contributed by atoms with van der Waals surface area (Å²) in [5, 5.41) is 3.67. The SMILES string of the molecule is Cc1ccncc1CN[C@@H](C)C1CCCCC1. The average Bonchev–Trinajstić information content (AvgIpc) is 2.38. The standard InChI is InChI=1S/C15H24N2/c1-12-8-9-16-10-15(12)11-17-13(2)14-6-4-3-5-7-14/h8-10,13-14,17H,3-7,11H2,1-2H3/t13-/m0/s1. The van der Waals surface area contributed by atoms with Crippen molar-refractivity contribution >= 4 is 0 Å². The third-order valence-corrected chi connectivity index (χ3v) is 4.12. The van der Waals surface area contributed by atoms with Crippen LogP contribution in [0.1, 0.15) is 50.2 Å². The molecule has 2 nitrogen and oxygen atoms in total. The third-order valence-electron chi connectivity index (χ3n) is 4.12. The van der Waals surface area contributed by atoms with E-state index in [1.54, 1.807) is 0 Å². The molecule has 1 fully saturated rings. The van der Waals surface area contributed by atoms with Crippen LogP contribution in [0.25, 0.3) is 0 Å². The maximum atomic E-state index is 4.20. The molecule has 2 heteroatoms. The Morgan fingerprint density at radius 1 is 1.35 bits per heavy atom. The van der Waals surface area contributed by atoms with Gasteiger partial charge in [0.05, 0.1) is 0 Å². The maximum Gasteiger partial charge on any atom is 0.0315 e. The topological polar surface area (TPSA) is 24.9 Å².